The molecule has 37 heavy (non-hydrogen) atoms. The van der Waals surface area contributed by atoms with Gasteiger partial charge in [-0.15, -0.1) is 0 Å². The molecule has 0 radical (unpaired) electrons. The highest BCUT2D eigenvalue weighted by atomic mass is 32.2. The molecule has 4 rings (SSSR count). The molecule has 0 saturated carbocycles. The molecule has 1 amide bonds. The summed E-state index contributed by atoms with van der Waals surface area (Å²) in [6.45, 7) is 10.6. The van der Waals surface area contributed by atoms with Gasteiger partial charge in [0.1, 0.15) is 18.1 Å². The van der Waals surface area contributed by atoms with E-state index in [1.54, 1.807) is 36.4 Å². The third-order valence-electron chi connectivity index (χ3n) is 6.53. The predicted octanol–water partition coefficient (Wildman–Crippen LogP) is 4.75. The Hall–Kier alpha value is -3.52. The average Bonchev–Trinajstić information content (AvgIpc) is 2.87. The normalized spacial score (nSPS) is 15.5. The molecule has 1 aliphatic rings. The minimum absolute atomic E-state index is 0.137. The van der Waals surface area contributed by atoms with Crippen molar-refractivity contribution in [1.29, 1.82) is 0 Å². The molecule has 1 atom stereocenters. The lowest BCUT2D eigenvalue weighted by atomic mass is 9.86. The summed E-state index contributed by atoms with van der Waals surface area (Å²) in [7, 11) is -3.93. The highest BCUT2D eigenvalue weighted by molar-refractivity contribution is 7.92. The van der Waals surface area contributed by atoms with E-state index in [2.05, 4.69) is 26.1 Å². The lowest BCUT2D eigenvalue weighted by Crippen LogP contribution is -2.51. The van der Waals surface area contributed by atoms with E-state index in [0.29, 0.717) is 11.4 Å². The van der Waals surface area contributed by atoms with Gasteiger partial charge in [-0.05, 0) is 66.3 Å². The molecule has 0 spiro atoms. The quantitative estimate of drug-likeness (QED) is 0.453. The fourth-order valence-corrected chi connectivity index (χ4v) is 5.62. The molecule has 0 bridgehead atoms. The molecular formula is C29H34N2O5S. The van der Waals surface area contributed by atoms with E-state index in [4.69, 9.17) is 9.47 Å². The molecular weight excluding hydrogens is 488 g/mol. The van der Waals surface area contributed by atoms with E-state index >= 15 is 0 Å². The summed E-state index contributed by atoms with van der Waals surface area (Å²) in [5.41, 5.74) is 3.39. The SMILES string of the molecule is Cc1cccc(OCCNC(=O)[C@@H]2CN(S(=O)(=O)c3ccccc3)c3cc(C(C)(C)C)ccc3O2)c1C. The molecule has 0 saturated heterocycles. The second kappa shape index (κ2) is 10.5. The summed E-state index contributed by atoms with van der Waals surface area (Å²) in [4.78, 5) is 13.2. The van der Waals surface area contributed by atoms with Crippen molar-refractivity contribution in [1.82, 2.24) is 5.32 Å². The van der Waals surface area contributed by atoms with Gasteiger partial charge >= 0.3 is 0 Å². The second-order valence-electron chi connectivity index (χ2n) is 10.2. The Bertz CT molecular complexity index is 1380. The minimum Gasteiger partial charge on any atom is -0.491 e. The number of rotatable bonds is 7. The van der Waals surface area contributed by atoms with Crippen LogP contribution in [0.5, 0.6) is 11.5 Å². The molecule has 3 aromatic carbocycles. The first-order chi connectivity index (χ1) is 17.5. The number of aryl methyl sites for hydroxylation is 1. The van der Waals surface area contributed by atoms with Crippen molar-refractivity contribution < 1.29 is 22.7 Å². The molecule has 0 aliphatic carbocycles. The van der Waals surface area contributed by atoms with Crippen LogP contribution in [-0.4, -0.2) is 40.1 Å². The molecule has 0 fully saturated rings. The molecule has 3 aromatic rings. The third kappa shape index (κ3) is 5.74. The number of nitrogens with one attached hydrogen (secondary N) is 1. The van der Waals surface area contributed by atoms with E-state index in [-0.39, 0.29) is 30.0 Å². The van der Waals surface area contributed by atoms with Crippen molar-refractivity contribution in [2.45, 2.75) is 51.0 Å². The van der Waals surface area contributed by atoms with Crippen molar-refractivity contribution >= 4 is 21.6 Å². The van der Waals surface area contributed by atoms with Crippen molar-refractivity contribution in [3.8, 4) is 11.5 Å². The summed E-state index contributed by atoms with van der Waals surface area (Å²) < 4.78 is 40.5. The van der Waals surface area contributed by atoms with E-state index in [9.17, 15) is 13.2 Å². The van der Waals surface area contributed by atoms with Gasteiger partial charge < -0.3 is 14.8 Å². The van der Waals surface area contributed by atoms with E-state index in [0.717, 1.165) is 22.4 Å². The lowest BCUT2D eigenvalue weighted by Gasteiger charge is -2.36. The van der Waals surface area contributed by atoms with Gasteiger partial charge in [-0.2, -0.15) is 0 Å². The van der Waals surface area contributed by atoms with Gasteiger partial charge in [-0.1, -0.05) is 57.2 Å². The third-order valence-corrected chi connectivity index (χ3v) is 8.33. The van der Waals surface area contributed by atoms with Gasteiger partial charge in [0.05, 0.1) is 23.7 Å². The molecule has 1 aliphatic heterocycles. The van der Waals surface area contributed by atoms with Crippen molar-refractivity contribution in [2.75, 3.05) is 24.0 Å². The van der Waals surface area contributed by atoms with Gasteiger partial charge in [-0.3, -0.25) is 9.10 Å². The smallest absolute Gasteiger partial charge is 0.264 e. The first-order valence-electron chi connectivity index (χ1n) is 12.3. The summed E-state index contributed by atoms with van der Waals surface area (Å²) in [5.74, 6) is 0.723. The summed E-state index contributed by atoms with van der Waals surface area (Å²) in [6.07, 6.45) is -1.01. The summed E-state index contributed by atoms with van der Waals surface area (Å²) >= 11 is 0. The number of hydrogen-bond donors (Lipinski definition) is 1. The van der Waals surface area contributed by atoms with Crippen LogP contribution in [0.3, 0.4) is 0 Å². The Morgan fingerprint density at radius 3 is 2.49 bits per heavy atom. The highest BCUT2D eigenvalue weighted by Gasteiger charge is 2.38. The summed E-state index contributed by atoms with van der Waals surface area (Å²) in [5, 5.41) is 2.82. The number of amides is 1. The maximum absolute atomic E-state index is 13.7. The van der Waals surface area contributed by atoms with Gasteiger partial charge in [0.25, 0.3) is 15.9 Å². The van der Waals surface area contributed by atoms with Gasteiger partial charge in [-0.25, -0.2) is 8.42 Å². The van der Waals surface area contributed by atoms with Gasteiger partial charge in [0.15, 0.2) is 6.10 Å². The maximum Gasteiger partial charge on any atom is 0.264 e. The molecule has 8 heteroatoms. The number of anilines is 1. The van der Waals surface area contributed by atoms with Crippen LogP contribution in [0.2, 0.25) is 0 Å². The fourth-order valence-electron chi connectivity index (χ4n) is 4.13. The van der Waals surface area contributed by atoms with Crippen LogP contribution in [0.25, 0.3) is 0 Å². The van der Waals surface area contributed by atoms with Gasteiger partial charge in [0, 0.05) is 0 Å². The monoisotopic (exact) mass is 522 g/mol. The molecule has 1 heterocycles. The number of hydrogen-bond acceptors (Lipinski definition) is 5. The Morgan fingerprint density at radius 2 is 1.78 bits per heavy atom. The van der Waals surface area contributed by atoms with Crippen LogP contribution in [0.15, 0.2) is 71.6 Å². The Labute approximate surface area is 219 Å². The Balaban J connectivity index is 1.54. The molecule has 1 N–H and O–H groups in total. The molecule has 0 unspecified atom stereocenters. The molecule has 7 nitrogen and oxygen atoms in total. The standard InChI is InChI=1S/C29H34N2O5S/c1-20-10-9-13-25(21(20)2)35-17-16-30-28(32)27-19-31(37(33,34)23-11-7-6-8-12-23)24-18-22(29(3,4)5)14-15-26(24)36-27/h6-15,18,27H,16-17,19H2,1-5H3,(H,30,32)/t27-/m0/s1. The zero-order chi connectivity index (χ0) is 26.8. The number of carbonyl (C=O) groups is 1. The first kappa shape index (κ1) is 26.5. The fraction of sp³-hybridized carbons (Fsp3) is 0.345. The van der Waals surface area contributed by atoms with Crippen LogP contribution in [-0.2, 0) is 20.2 Å². The minimum atomic E-state index is -3.93. The zero-order valence-electron chi connectivity index (χ0n) is 21.9. The van der Waals surface area contributed by atoms with E-state index < -0.39 is 22.0 Å². The number of benzene rings is 3. The maximum atomic E-state index is 13.7. The lowest BCUT2D eigenvalue weighted by molar-refractivity contribution is -0.127. The Kier molecular flexibility index (Phi) is 7.50. The van der Waals surface area contributed by atoms with Crippen LogP contribution < -0.4 is 19.1 Å². The van der Waals surface area contributed by atoms with E-state index in [1.807, 2.05) is 44.2 Å². The first-order valence-corrected chi connectivity index (χ1v) is 13.8. The van der Waals surface area contributed by atoms with Crippen molar-refractivity contribution in [3.63, 3.8) is 0 Å². The zero-order valence-corrected chi connectivity index (χ0v) is 22.8. The van der Waals surface area contributed by atoms with Gasteiger partial charge in [0.2, 0.25) is 0 Å². The van der Waals surface area contributed by atoms with Crippen molar-refractivity contribution in [3.05, 3.63) is 83.4 Å². The van der Waals surface area contributed by atoms with E-state index in [1.165, 1.54) is 4.31 Å². The second-order valence-corrected chi connectivity index (χ2v) is 12.1. The summed E-state index contributed by atoms with van der Waals surface area (Å²) in [6, 6.07) is 19.6. The largest absolute Gasteiger partial charge is 0.491 e. The topological polar surface area (TPSA) is 84.9 Å². The van der Waals surface area contributed by atoms with Crippen LogP contribution >= 0.6 is 0 Å². The number of ether oxygens (including phenoxy) is 2. The molecule has 0 aromatic heterocycles. The number of fused-ring (bicyclic) bond motifs is 1. The van der Waals surface area contributed by atoms with Crippen LogP contribution in [0, 0.1) is 13.8 Å². The number of carbonyl (C=O) groups excluding carboxylic acids is 1. The van der Waals surface area contributed by atoms with Crippen molar-refractivity contribution in [2.24, 2.45) is 0 Å². The average molecular weight is 523 g/mol. The number of sulfonamides is 1. The number of nitrogens with zero attached hydrogens (tertiary/aromatic N) is 1. The Morgan fingerprint density at radius 1 is 1.05 bits per heavy atom. The highest BCUT2D eigenvalue weighted by Crippen LogP contribution is 2.40. The predicted molar refractivity (Wildman–Crippen MR) is 145 cm³/mol. The van der Waals surface area contributed by atoms with Crippen LogP contribution in [0.1, 0.15) is 37.5 Å². The molecule has 196 valence electrons. The van der Waals surface area contributed by atoms with Crippen LogP contribution in [0.4, 0.5) is 5.69 Å².